The minimum Gasteiger partial charge on any atom is -0.487 e. The Morgan fingerprint density at radius 2 is 1.69 bits per heavy atom. The van der Waals surface area contributed by atoms with Crippen molar-refractivity contribution >= 4 is 17.9 Å². The second-order valence-electron chi connectivity index (χ2n) is 11.5. The third-order valence-corrected chi connectivity index (χ3v) is 8.87. The van der Waals surface area contributed by atoms with Crippen LogP contribution >= 0.6 is 0 Å². The molecule has 1 aliphatic carbocycles. The van der Waals surface area contributed by atoms with E-state index in [0.717, 1.165) is 5.56 Å². The quantitative estimate of drug-likeness (QED) is 0.446. The molecule has 1 aromatic carbocycles. The SMILES string of the molecule is COC(=O)c1c(C)cc2c(c(C)c1=O)O[C@@]1(C)CC[C@H]3C(C)(C)OC(=O)C[C@@H](OC(C)=O)[C@]3(C)[C@@H]1C2. The molecule has 0 radical (unpaired) electrons. The van der Waals surface area contributed by atoms with Crippen LogP contribution in [0.2, 0.25) is 0 Å². The van der Waals surface area contributed by atoms with Crippen molar-refractivity contribution in [3.05, 3.63) is 38.5 Å². The highest BCUT2D eigenvalue weighted by Crippen LogP contribution is 2.62. The first-order valence-electron chi connectivity index (χ1n) is 12.5. The Hall–Kier alpha value is -2.90. The van der Waals surface area contributed by atoms with E-state index in [9.17, 15) is 19.2 Å². The lowest BCUT2D eigenvalue weighted by Gasteiger charge is -2.60. The molecule has 2 fully saturated rings. The molecule has 2 aliphatic heterocycles. The number of aryl methyl sites for hydroxylation is 1. The molecular weight excluding hydrogens is 464 g/mol. The van der Waals surface area contributed by atoms with Gasteiger partial charge in [-0.3, -0.25) is 14.4 Å². The van der Waals surface area contributed by atoms with Gasteiger partial charge in [0.2, 0.25) is 0 Å². The lowest BCUT2D eigenvalue weighted by Crippen LogP contribution is -2.64. The van der Waals surface area contributed by atoms with E-state index in [2.05, 4.69) is 6.92 Å². The number of carbonyl (C=O) groups excluding carboxylic acids is 3. The van der Waals surface area contributed by atoms with E-state index < -0.39 is 46.1 Å². The Bertz CT molecular complexity index is 1200. The summed E-state index contributed by atoms with van der Waals surface area (Å²) in [6.45, 7) is 12.7. The second kappa shape index (κ2) is 8.60. The molecule has 0 bridgehead atoms. The van der Waals surface area contributed by atoms with E-state index in [1.165, 1.54) is 14.0 Å². The molecule has 0 N–H and O–H groups in total. The maximum absolute atomic E-state index is 13.3. The first-order valence-corrected chi connectivity index (χ1v) is 12.5. The molecule has 0 amide bonds. The highest BCUT2D eigenvalue weighted by Gasteiger charge is 2.65. The second-order valence-corrected chi connectivity index (χ2v) is 11.5. The van der Waals surface area contributed by atoms with Gasteiger partial charge in [-0.1, -0.05) is 13.0 Å². The number of hydrogen-bond acceptors (Lipinski definition) is 8. The normalized spacial score (nSPS) is 32.4. The average Bonchev–Trinajstić information content (AvgIpc) is 2.89. The monoisotopic (exact) mass is 500 g/mol. The van der Waals surface area contributed by atoms with Gasteiger partial charge in [0.15, 0.2) is 5.43 Å². The van der Waals surface area contributed by atoms with Gasteiger partial charge in [-0.15, -0.1) is 0 Å². The molecule has 3 aliphatic rings. The summed E-state index contributed by atoms with van der Waals surface area (Å²) >= 11 is 0. The minimum absolute atomic E-state index is 0.00222. The maximum atomic E-state index is 13.3. The predicted molar refractivity (Wildman–Crippen MR) is 131 cm³/mol. The fraction of sp³-hybridized carbons (Fsp3) is 0.643. The first-order chi connectivity index (χ1) is 16.7. The summed E-state index contributed by atoms with van der Waals surface area (Å²) in [7, 11) is 1.25. The van der Waals surface area contributed by atoms with Crippen molar-refractivity contribution in [2.45, 2.75) is 91.5 Å². The van der Waals surface area contributed by atoms with E-state index in [1.54, 1.807) is 13.8 Å². The van der Waals surface area contributed by atoms with Gasteiger partial charge in [0.1, 0.15) is 28.6 Å². The molecule has 0 spiro atoms. The molecular formula is C28H36O8. The standard InChI is InChI=1S/C28H36O8/c1-14-11-17-12-19-27(6,36-24(17)15(2)23(31)22(14)25(32)33-8)10-9-18-26(4,5)35-21(30)13-20(28(18,19)7)34-16(3)29/h11,18-20H,9-10,12-13H2,1-8H3/t18-,19+,20+,27-,28-/m0/s1. The van der Waals surface area contributed by atoms with Crippen molar-refractivity contribution in [1.29, 1.82) is 0 Å². The zero-order valence-corrected chi connectivity index (χ0v) is 22.4. The molecule has 4 rings (SSSR count). The van der Waals surface area contributed by atoms with E-state index in [0.29, 0.717) is 36.1 Å². The summed E-state index contributed by atoms with van der Waals surface area (Å²) < 4.78 is 23.3. The van der Waals surface area contributed by atoms with Crippen molar-refractivity contribution in [2.75, 3.05) is 7.11 Å². The van der Waals surface area contributed by atoms with Crippen LogP contribution in [0.25, 0.3) is 0 Å². The third-order valence-electron chi connectivity index (χ3n) is 8.87. The number of hydrogen-bond donors (Lipinski definition) is 0. The Kier molecular flexibility index (Phi) is 6.25. The Morgan fingerprint density at radius 3 is 2.31 bits per heavy atom. The lowest BCUT2D eigenvalue weighted by molar-refractivity contribution is -0.204. The molecule has 1 saturated heterocycles. The number of methoxy groups -OCH3 is 1. The first kappa shape index (κ1) is 26.2. The number of rotatable bonds is 2. The molecule has 8 nitrogen and oxygen atoms in total. The number of fused-ring (bicyclic) bond motifs is 4. The highest BCUT2D eigenvalue weighted by atomic mass is 16.6. The minimum atomic E-state index is -0.768. The summed E-state index contributed by atoms with van der Waals surface area (Å²) in [5.41, 5.74) is -0.849. The van der Waals surface area contributed by atoms with Crippen LogP contribution in [0.4, 0.5) is 0 Å². The third kappa shape index (κ3) is 3.89. The Morgan fingerprint density at radius 1 is 1.03 bits per heavy atom. The van der Waals surface area contributed by atoms with Crippen LogP contribution in [0, 0.1) is 31.1 Å². The maximum Gasteiger partial charge on any atom is 0.342 e. The van der Waals surface area contributed by atoms with Gasteiger partial charge < -0.3 is 18.9 Å². The van der Waals surface area contributed by atoms with Crippen LogP contribution in [0.15, 0.2) is 10.9 Å². The summed E-state index contributed by atoms with van der Waals surface area (Å²) in [4.78, 5) is 50.7. The number of ether oxygens (including phenoxy) is 4. The Balaban J connectivity index is 1.94. The number of carbonyl (C=O) groups is 3. The van der Waals surface area contributed by atoms with Crippen molar-refractivity contribution in [3.63, 3.8) is 0 Å². The molecule has 1 saturated carbocycles. The average molecular weight is 501 g/mol. The van der Waals surface area contributed by atoms with Gasteiger partial charge >= 0.3 is 17.9 Å². The van der Waals surface area contributed by atoms with Crippen LogP contribution in [-0.2, 0) is 30.2 Å². The van der Waals surface area contributed by atoms with Crippen LogP contribution in [0.3, 0.4) is 0 Å². The van der Waals surface area contributed by atoms with Gasteiger partial charge in [-0.2, -0.15) is 0 Å². The lowest BCUT2D eigenvalue weighted by atomic mass is 9.49. The molecule has 0 unspecified atom stereocenters. The topological polar surface area (TPSA) is 105 Å². The number of esters is 3. The van der Waals surface area contributed by atoms with Crippen molar-refractivity contribution in [3.8, 4) is 5.75 Å². The molecule has 5 atom stereocenters. The van der Waals surface area contributed by atoms with Crippen molar-refractivity contribution < 1.29 is 33.3 Å². The van der Waals surface area contributed by atoms with Crippen molar-refractivity contribution in [2.24, 2.45) is 17.3 Å². The van der Waals surface area contributed by atoms with Crippen LogP contribution in [0.1, 0.15) is 80.9 Å². The van der Waals surface area contributed by atoms with Crippen molar-refractivity contribution in [1.82, 2.24) is 0 Å². The fourth-order valence-corrected chi connectivity index (χ4v) is 7.28. The van der Waals surface area contributed by atoms with Crippen LogP contribution in [-0.4, -0.2) is 42.3 Å². The fourth-order valence-electron chi connectivity index (χ4n) is 7.28. The van der Waals surface area contributed by atoms with Gasteiger partial charge in [-0.25, -0.2) is 4.79 Å². The van der Waals surface area contributed by atoms with E-state index in [4.69, 9.17) is 18.9 Å². The van der Waals surface area contributed by atoms with Gasteiger partial charge in [-0.05, 0) is 65.0 Å². The molecule has 36 heavy (non-hydrogen) atoms. The molecule has 0 aromatic heterocycles. The van der Waals surface area contributed by atoms with E-state index in [1.807, 2.05) is 26.8 Å². The smallest absolute Gasteiger partial charge is 0.342 e. The van der Waals surface area contributed by atoms with Crippen LogP contribution in [0.5, 0.6) is 5.75 Å². The summed E-state index contributed by atoms with van der Waals surface area (Å²) in [6.07, 6.45) is 1.15. The van der Waals surface area contributed by atoms with Gasteiger partial charge in [0.05, 0.1) is 13.5 Å². The van der Waals surface area contributed by atoms with E-state index >= 15 is 0 Å². The number of cyclic esters (lactones) is 1. The highest BCUT2D eigenvalue weighted by molar-refractivity contribution is 5.91. The summed E-state index contributed by atoms with van der Waals surface area (Å²) in [5, 5.41) is 0. The molecule has 1 aromatic rings. The van der Waals surface area contributed by atoms with Crippen LogP contribution < -0.4 is 10.2 Å². The largest absolute Gasteiger partial charge is 0.487 e. The van der Waals surface area contributed by atoms with Gasteiger partial charge in [0.25, 0.3) is 0 Å². The zero-order valence-electron chi connectivity index (χ0n) is 22.4. The van der Waals surface area contributed by atoms with E-state index in [-0.39, 0.29) is 23.8 Å². The van der Waals surface area contributed by atoms with Gasteiger partial charge in [0, 0.05) is 29.7 Å². The summed E-state index contributed by atoms with van der Waals surface area (Å²) in [6, 6.07) is 1.83. The molecule has 2 heterocycles. The zero-order chi connectivity index (χ0) is 26.8. The predicted octanol–water partition coefficient (Wildman–Crippen LogP) is 3.83. The molecule has 8 heteroatoms. The molecule has 196 valence electrons. The Labute approximate surface area is 211 Å². The summed E-state index contributed by atoms with van der Waals surface area (Å²) in [5.74, 6) is -1.29.